The number of benzene rings is 3. The molecule has 0 saturated carbocycles. The van der Waals surface area contributed by atoms with E-state index in [1.165, 1.54) is 11.1 Å². The molecular weight excluding hydrogens is 434 g/mol. The van der Waals surface area contributed by atoms with Gasteiger partial charge in [-0.25, -0.2) is 0 Å². The molecule has 35 heavy (non-hydrogen) atoms. The number of hydrogen-bond donors (Lipinski definition) is 1. The van der Waals surface area contributed by atoms with Gasteiger partial charge in [-0.05, 0) is 47.6 Å². The number of rotatable bonds is 4. The van der Waals surface area contributed by atoms with Crippen molar-refractivity contribution in [1.82, 2.24) is 15.1 Å². The van der Waals surface area contributed by atoms with E-state index in [4.69, 9.17) is 0 Å². The molecule has 1 fully saturated rings. The summed E-state index contributed by atoms with van der Waals surface area (Å²) in [7, 11) is 0. The van der Waals surface area contributed by atoms with Crippen molar-refractivity contribution in [2.45, 2.75) is 43.8 Å². The van der Waals surface area contributed by atoms with E-state index in [0.29, 0.717) is 12.1 Å². The van der Waals surface area contributed by atoms with Crippen LogP contribution in [0.15, 0.2) is 78.9 Å². The number of fused-ring (bicyclic) bond motifs is 4. The van der Waals surface area contributed by atoms with Crippen molar-refractivity contribution in [1.29, 1.82) is 0 Å². The lowest BCUT2D eigenvalue weighted by molar-refractivity contribution is -0.125. The zero-order valence-corrected chi connectivity index (χ0v) is 19.9. The van der Waals surface area contributed by atoms with Crippen LogP contribution < -0.4 is 5.32 Å². The quantitative estimate of drug-likeness (QED) is 0.625. The molecule has 0 bridgehead atoms. The fourth-order valence-electron chi connectivity index (χ4n) is 6.13. The van der Waals surface area contributed by atoms with Crippen LogP contribution in [0, 0.1) is 0 Å². The van der Waals surface area contributed by atoms with E-state index in [9.17, 15) is 9.59 Å². The number of carbonyl (C=O) groups is 2. The third-order valence-corrected chi connectivity index (χ3v) is 7.90. The summed E-state index contributed by atoms with van der Waals surface area (Å²) in [6.45, 7) is 3.54. The molecule has 3 aliphatic heterocycles. The van der Waals surface area contributed by atoms with Crippen molar-refractivity contribution in [3.63, 3.8) is 0 Å². The fraction of sp³-hybridized carbons (Fsp3) is 0.333. The van der Waals surface area contributed by atoms with Crippen LogP contribution in [-0.2, 0) is 17.8 Å². The summed E-state index contributed by atoms with van der Waals surface area (Å²) in [5.74, 6) is -0.316. The number of likely N-dealkylation sites (tertiary alicyclic amines) is 1. The number of nitrogens with zero attached hydrogens (tertiary/aromatic N) is 2. The standard InChI is InChI=1S/C30H31N3O2/c34-29(31-23-15-17-32(18-16-23)20-21-8-2-1-3-9-21)27-25-12-6-7-13-26(25)30(35)33-19-14-22-10-4-5-11-24(22)28(27)33/h1-13,23,27-28H,14-20H2,(H,31,34). The van der Waals surface area contributed by atoms with Crippen LogP contribution in [0.3, 0.4) is 0 Å². The molecule has 3 heterocycles. The van der Waals surface area contributed by atoms with Crippen LogP contribution in [0.5, 0.6) is 0 Å². The number of amides is 2. The van der Waals surface area contributed by atoms with Gasteiger partial charge in [0.25, 0.3) is 5.91 Å². The summed E-state index contributed by atoms with van der Waals surface area (Å²) in [5, 5.41) is 3.39. The number of piperidine rings is 1. The minimum atomic E-state index is -0.396. The van der Waals surface area contributed by atoms with Crippen molar-refractivity contribution in [3.8, 4) is 0 Å². The first-order valence-electron chi connectivity index (χ1n) is 12.7. The molecule has 2 unspecified atom stereocenters. The zero-order valence-electron chi connectivity index (χ0n) is 19.9. The average molecular weight is 466 g/mol. The first kappa shape index (κ1) is 22.1. The highest BCUT2D eigenvalue weighted by Crippen LogP contribution is 2.46. The molecule has 1 saturated heterocycles. The van der Waals surface area contributed by atoms with Gasteiger partial charge in [-0.3, -0.25) is 14.5 Å². The molecular formula is C30H31N3O2. The van der Waals surface area contributed by atoms with Crippen LogP contribution in [-0.4, -0.2) is 47.3 Å². The topological polar surface area (TPSA) is 52.7 Å². The molecule has 3 aromatic rings. The Labute approximate surface area is 206 Å². The van der Waals surface area contributed by atoms with Gasteiger partial charge in [-0.15, -0.1) is 0 Å². The number of nitrogens with one attached hydrogen (secondary N) is 1. The van der Waals surface area contributed by atoms with Gasteiger partial charge in [0.15, 0.2) is 0 Å². The largest absolute Gasteiger partial charge is 0.353 e. The smallest absolute Gasteiger partial charge is 0.254 e. The van der Waals surface area contributed by atoms with Crippen molar-refractivity contribution in [3.05, 3.63) is 107 Å². The van der Waals surface area contributed by atoms with E-state index in [2.05, 4.69) is 46.6 Å². The van der Waals surface area contributed by atoms with E-state index in [1.54, 1.807) is 0 Å². The monoisotopic (exact) mass is 465 g/mol. The summed E-state index contributed by atoms with van der Waals surface area (Å²) < 4.78 is 0. The van der Waals surface area contributed by atoms with E-state index in [1.807, 2.05) is 47.4 Å². The molecule has 0 aliphatic carbocycles. The van der Waals surface area contributed by atoms with Gasteiger partial charge in [0.05, 0.1) is 12.0 Å². The predicted molar refractivity (Wildman–Crippen MR) is 136 cm³/mol. The molecule has 0 spiro atoms. The lowest BCUT2D eigenvalue weighted by Gasteiger charge is -2.45. The Hall–Kier alpha value is -3.44. The lowest BCUT2D eigenvalue weighted by atomic mass is 9.75. The Bertz CT molecular complexity index is 1230. The highest BCUT2D eigenvalue weighted by Gasteiger charge is 2.46. The van der Waals surface area contributed by atoms with E-state index >= 15 is 0 Å². The molecule has 0 aromatic heterocycles. The van der Waals surface area contributed by atoms with Gasteiger partial charge in [0, 0.05) is 37.8 Å². The molecule has 5 heteroatoms. The van der Waals surface area contributed by atoms with Crippen LogP contribution in [0.25, 0.3) is 0 Å². The van der Waals surface area contributed by atoms with Crippen LogP contribution in [0.4, 0.5) is 0 Å². The molecule has 1 N–H and O–H groups in total. The zero-order chi connectivity index (χ0) is 23.8. The fourth-order valence-corrected chi connectivity index (χ4v) is 6.13. The second-order valence-corrected chi connectivity index (χ2v) is 10.0. The molecule has 5 nitrogen and oxygen atoms in total. The van der Waals surface area contributed by atoms with Crippen LogP contribution in [0.1, 0.15) is 57.4 Å². The lowest BCUT2D eigenvalue weighted by Crippen LogP contribution is -2.52. The van der Waals surface area contributed by atoms with Crippen molar-refractivity contribution in [2.24, 2.45) is 0 Å². The van der Waals surface area contributed by atoms with Crippen LogP contribution >= 0.6 is 0 Å². The predicted octanol–water partition coefficient (Wildman–Crippen LogP) is 4.30. The number of carbonyl (C=O) groups excluding carboxylic acids is 2. The van der Waals surface area contributed by atoms with Gasteiger partial charge in [-0.2, -0.15) is 0 Å². The van der Waals surface area contributed by atoms with Crippen molar-refractivity contribution < 1.29 is 9.59 Å². The summed E-state index contributed by atoms with van der Waals surface area (Å²) in [6, 6.07) is 26.4. The van der Waals surface area contributed by atoms with Gasteiger partial charge >= 0.3 is 0 Å². The normalized spacial score (nSPS) is 22.2. The van der Waals surface area contributed by atoms with Crippen LogP contribution in [0.2, 0.25) is 0 Å². The highest BCUT2D eigenvalue weighted by molar-refractivity contribution is 6.01. The molecule has 178 valence electrons. The maximum Gasteiger partial charge on any atom is 0.254 e. The summed E-state index contributed by atoms with van der Waals surface area (Å²) in [4.78, 5) is 31.7. The van der Waals surface area contributed by atoms with Gasteiger partial charge in [0.1, 0.15) is 0 Å². The second kappa shape index (κ2) is 9.31. The highest BCUT2D eigenvalue weighted by atomic mass is 16.2. The average Bonchev–Trinajstić information content (AvgIpc) is 2.90. The minimum absolute atomic E-state index is 0.0400. The number of hydrogen-bond acceptors (Lipinski definition) is 3. The Balaban J connectivity index is 1.22. The molecule has 2 amide bonds. The minimum Gasteiger partial charge on any atom is -0.353 e. The van der Waals surface area contributed by atoms with Gasteiger partial charge in [-0.1, -0.05) is 72.8 Å². The summed E-state index contributed by atoms with van der Waals surface area (Å²) in [5.41, 5.74) is 5.21. The molecule has 3 aromatic carbocycles. The van der Waals surface area contributed by atoms with E-state index in [-0.39, 0.29) is 23.9 Å². The molecule has 6 rings (SSSR count). The molecule has 2 atom stereocenters. The Morgan fingerprint density at radius 2 is 1.51 bits per heavy atom. The first-order valence-corrected chi connectivity index (χ1v) is 12.7. The Kier molecular flexibility index (Phi) is 5.86. The van der Waals surface area contributed by atoms with E-state index < -0.39 is 5.92 Å². The van der Waals surface area contributed by atoms with E-state index in [0.717, 1.165) is 50.0 Å². The third kappa shape index (κ3) is 4.14. The second-order valence-electron chi connectivity index (χ2n) is 10.0. The maximum absolute atomic E-state index is 13.9. The first-order chi connectivity index (χ1) is 17.2. The van der Waals surface area contributed by atoms with Crippen molar-refractivity contribution >= 4 is 11.8 Å². The Morgan fingerprint density at radius 1 is 0.829 bits per heavy atom. The maximum atomic E-state index is 13.9. The Morgan fingerprint density at radius 3 is 2.31 bits per heavy atom. The molecule has 0 radical (unpaired) electrons. The van der Waals surface area contributed by atoms with Crippen molar-refractivity contribution in [2.75, 3.05) is 19.6 Å². The SMILES string of the molecule is O=C(NC1CCN(Cc2ccccc2)CC1)C1c2ccccc2C(=O)N2CCc3ccccc3C12. The summed E-state index contributed by atoms with van der Waals surface area (Å²) in [6.07, 6.45) is 2.71. The molecule has 3 aliphatic rings. The third-order valence-electron chi connectivity index (χ3n) is 7.90. The van der Waals surface area contributed by atoms with Gasteiger partial charge < -0.3 is 10.2 Å². The van der Waals surface area contributed by atoms with Gasteiger partial charge in [0.2, 0.25) is 5.91 Å². The summed E-state index contributed by atoms with van der Waals surface area (Å²) >= 11 is 0.